The van der Waals surface area contributed by atoms with E-state index in [0.717, 1.165) is 0 Å². The zero-order valence-corrected chi connectivity index (χ0v) is 13.0. The van der Waals surface area contributed by atoms with E-state index in [0.29, 0.717) is 41.5 Å². The van der Waals surface area contributed by atoms with Gasteiger partial charge in [-0.15, -0.1) is 20.4 Å². The molecular formula is C11H14N4O4S2. The standard InChI is InChI=1S/C11H14N4O4S2/c1-7-12-14-10(18-7)5-20-11-15-13-9(19-11)4-8-2-3-21(16,17)6-8/h8H,2-6H2,1H3/t8-/m0/s1. The van der Waals surface area contributed by atoms with Gasteiger partial charge in [0.1, 0.15) is 0 Å². The maximum absolute atomic E-state index is 11.4. The Morgan fingerprint density at radius 3 is 2.67 bits per heavy atom. The molecule has 10 heteroatoms. The van der Waals surface area contributed by atoms with E-state index in [9.17, 15) is 8.42 Å². The second-order valence-corrected chi connectivity index (χ2v) is 8.09. The van der Waals surface area contributed by atoms with E-state index in [2.05, 4.69) is 20.4 Å². The first-order valence-electron chi connectivity index (χ1n) is 6.45. The van der Waals surface area contributed by atoms with E-state index in [1.54, 1.807) is 6.92 Å². The normalized spacial score (nSPS) is 20.9. The maximum atomic E-state index is 11.4. The summed E-state index contributed by atoms with van der Waals surface area (Å²) in [6.45, 7) is 1.72. The minimum atomic E-state index is -2.88. The highest BCUT2D eigenvalue weighted by molar-refractivity contribution is 7.98. The summed E-state index contributed by atoms with van der Waals surface area (Å²) in [6.07, 6.45) is 1.17. The van der Waals surface area contributed by atoms with E-state index in [1.807, 2.05) is 0 Å². The van der Waals surface area contributed by atoms with Crippen LogP contribution in [0.5, 0.6) is 0 Å². The van der Waals surface area contributed by atoms with Crippen LogP contribution in [-0.2, 0) is 22.0 Å². The molecular weight excluding hydrogens is 316 g/mol. The van der Waals surface area contributed by atoms with Gasteiger partial charge in [-0.05, 0) is 12.3 Å². The van der Waals surface area contributed by atoms with Gasteiger partial charge in [-0.25, -0.2) is 8.42 Å². The Morgan fingerprint density at radius 2 is 2.00 bits per heavy atom. The first-order valence-corrected chi connectivity index (χ1v) is 9.25. The lowest BCUT2D eigenvalue weighted by Crippen LogP contribution is -2.07. The second kappa shape index (κ2) is 5.76. The summed E-state index contributed by atoms with van der Waals surface area (Å²) in [4.78, 5) is 0. The molecule has 2 aromatic rings. The van der Waals surface area contributed by atoms with Gasteiger partial charge in [0.15, 0.2) is 9.84 Å². The van der Waals surface area contributed by atoms with Gasteiger partial charge in [0.25, 0.3) is 5.22 Å². The first kappa shape index (κ1) is 14.5. The van der Waals surface area contributed by atoms with E-state index in [4.69, 9.17) is 8.83 Å². The smallest absolute Gasteiger partial charge is 0.277 e. The first-order chi connectivity index (χ1) is 10.00. The molecule has 1 saturated heterocycles. The summed E-state index contributed by atoms with van der Waals surface area (Å²) >= 11 is 1.31. The van der Waals surface area contributed by atoms with Gasteiger partial charge >= 0.3 is 0 Å². The highest BCUT2D eigenvalue weighted by Crippen LogP contribution is 2.25. The number of thioether (sulfide) groups is 1. The zero-order chi connectivity index (χ0) is 14.9. The zero-order valence-electron chi connectivity index (χ0n) is 11.4. The summed E-state index contributed by atoms with van der Waals surface area (Å²) in [5, 5.41) is 15.9. The molecule has 3 rings (SSSR count). The van der Waals surface area contributed by atoms with Crippen molar-refractivity contribution in [2.75, 3.05) is 11.5 Å². The van der Waals surface area contributed by atoms with Gasteiger partial charge in [-0.1, -0.05) is 11.8 Å². The Kier molecular flexibility index (Phi) is 3.98. The van der Waals surface area contributed by atoms with Crippen molar-refractivity contribution in [3.05, 3.63) is 17.7 Å². The molecule has 0 amide bonds. The molecule has 0 radical (unpaired) electrons. The van der Waals surface area contributed by atoms with E-state index in [1.165, 1.54) is 11.8 Å². The van der Waals surface area contributed by atoms with Crippen molar-refractivity contribution >= 4 is 21.6 Å². The molecule has 0 bridgehead atoms. The van der Waals surface area contributed by atoms with Gasteiger partial charge in [-0.3, -0.25) is 0 Å². The van der Waals surface area contributed by atoms with E-state index < -0.39 is 9.84 Å². The Morgan fingerprint density at radius 1 is 1.19 bits per heavy atom. The van der Waals surface area contributed by atoms with Gasteiger partial charge in [0.2, 0.25) is 17.7 Å². The molecule has 0 aliphatic carbocycles. The summed E-state index contributed by atoms with van der Waals surface area (Å²) in [7, 11) is -2.88. The molecule has 0 N–H and O–H groups in total. The molecule has 2 aromatic heterocycles. The van der Waals surface area contributed by atoms with E-state index >= 15 is 0 Å². The van der Waals surface area contributed by atoms with Gasteiger partial charge in [0.05, 0.1) is 17.3 Å². The quantitative estimate of drug-likeness (QED) is 0.742. The van der Waals surface area contributed by atoms with Crippen LogP contribution in [0.25, 0.3) is 0 Å². The average molecular weight is 330 g/mol. The molecule has 1 aliphatic rings. The van der Waals surface area contributed by atoms with Crippen LogP contribution in [0, 0.1) is 12.8 Å². The van der Waals surface area contributed by atoms with Crippen molar-refractivity contribution < 1.29 is 17.3 Å². The van der Waals surface area contributed by atoms with Crippen molar-refractivity contribution in [3.8, 4) is 0 Å². The minimum Gasteiger partial charge on any atom is -0.425 e. The Bertz CT molecular complexity index is 724. The lowest BCUT2D eigenvalue weighted by Gasteiger charge is -2.01. The molecule has 0 unspecified atom stereocenters. The van der Waals surface area contributed by atoms with Crippen molar-refractivity contribution in [1.29, 1.82) is 0 Å². The van der Waals surface area contributed by atoms with Crippen molar-refractivity contribution in [2.24, 2.45) is 5.92 Å². The molecule has 1 atom stereocenters. The lowest BCUT2D eigenvalue weighted by molar-refractivity contribution is 0.388. The van der Waals surface area contributed by atoms with Crippen LogP contribution in [0.1, 0.15) is 24.1 Å². The summed E-state index contributed by atoms with van der Waals surface area (Å²) in [6, 6.07) is 0. The maximum Gasteiger partial charge on any atom is 0.277 e. The second-order valence-electron chi connectivity index (χ2n) is 4.94. The van der Waals surface area contributed by atoms with Crippen molar-refractivity contribution in [2.45, 2.75) is 30.7 Å². The van der Waals surface area contributed by atoms with Crippen LogP contribution in [0.3, 0.4) is 0 Å². The molecule has 1 aliphatic heterocycles. The predicted molar refractivity (Wildman–Crippen MR) is 73.4 cm³/mol. The number of rotatable bonds is 5. The van der Waals surface area contributed by atoms with Crippen LogP contribution in [-0.4, -0.2) is 40.3 Å². The lowest BCUT2D eigenvalue weighted by atomic mass is 10.1. The van der Waals surface area contributed by atoms with Crippen LogP contribution in [0.2, 0.25) is 0 Å². The highest BCUT2D eigenvalue weighted by Gasteiger charge is 2.29. The SMILES string of the molecule is Cc1nnc(CSc2nnc(C[C@@H]3CCS(=O)(=O)C3)o2)o1. The van der Waals surface area contributed by atoms with Gasteiger partial charge in [0, 0.05) is 13.3 Å². The third-order valence-corrected chi connectivity index (χ3v) is 5.77. The Hall–Kier alpha value is -1.42. The molecule has 0 spiro atoms. The molecule has 114 valence electrons. The minimum absolute atomic E-state index is 0.0758. The van der Waals surface area contributed by atoms with Crippen molar-refractivity contribution in [3.63, 3.8) is 0 Å². The number of hydrogen-bond donors (Lipinski definition) is 0. The Labute approximate surface area is 125 Å². The average Bonchev–Trinajstić information content (AvgIpc) is 3.09. The number of hydrogen-bond acceptors (Lipinski definition) is 9. The van der Waals surface area contributed by atoms with E-state index in [-0.39, 0.29) is 17.4 Å². The molecule has 0 aromatic carbocycles. The number of aromatic nitrogens is 4. The van der Waals surface area contributed by atoms with Crippen LogP contribution < -0.4 is 0 Å². The topological polar surface area (TPSA) is 112 Å². The van der Waals surface area contributed by atoms with Crippen LogP contribution >= 0.6 is 11.8 Å². The fourth-order valence-electron chi connectivity index (χ4n) is 2.18. The fraction of sp³-hybridized carbons (Fsp3) is 0.636. The monoisotopic (exact) mass is 330 g/mol. The number of aryl methyl sites for hydroxylation is 1. The molecule has 1 fully saturated rings. The molecule has 21 heavy (non-hydrogen) atoms. The van der Waals surface area contributed by atoms with Crippen molar-refractivity contribution in [1.82, 2.24) is 20.4 Å². The third-order valence-electron chi connectivity index (χ3n) is 3.13. The number of sulfone groups is 1. The Balaban J connectivity index is 1.54. The summed E-state index contributed by atoms with van der Waals surface area (Å²) < 4.78 is 33.5. The molecule has 3 heterocycles. The number of nitrogens with zero attached hydrogens (tertiary/aromatic N) is 4. The fourth-order valence-corrected chi connectivity index (χ4v) is 4.66. The highest BCUT2D eigenvalue weighted by atomic mass is 32.2. The van der Waals surface area contributed by atoms with Gasteiger partial charge in [-0.2, -0.15) is 0 Å². The van der Waals surface area contributed by atoms with Gasteiger partial charge < -0.3 is 8.83 Å². The molecule has 0 saturated carbocycles. The summed E-state index contributed by atoms with van der Waals surface area (Å²) in [5.41, 5.74) is 0. The molecule has 8 nitrogen and oxygen atoms in total. The predicted octanol–water partition coefficient (Wildman–Crippen LogP) is 1.03. The largest absolute Gasteiger partial charge is 0.425 e. The van der Waals surface area contributed by atoms with Crippen LogP contribution in [0.15, 0.2) is 14.1 Å². The summed E-state index contributed by atoms with van der Waals surface area (Å²) in [5.74, 6) is 2.48. The van der Waals surface area contributed by atoms with Crippen LogP contribution in [0.4, 0.5) is 0 Å². The third kappa shape index (κ3) is 3.82.